The maximum Gasteiger partial charge on any atom is 0.225 e. The number of amides is 2. The first kappa shape index (κ1) is 28.0. The number of halogens is 2. The number of nitrogens with one attached hydrogen (secondary N) is 2. The maximum atomic E-state index is 13.1. The summed E-state index contributed by atoms with van der Waals surface area (Å²) in [4.78, 5) is 22.9. The summed E-state index contributed by atoms with van der Waals surface area (Å²) in [6.07, 6.45) is 2.16. The molecule has 0 heterocycles. The molecule has 0 radical (unpaired) electrons. The lowest BCUT2D eigenvalue weighted by molar-refractivity contribution is -0.130. The Morgan fingerprint density at radius 3 is 1.52 bits per heavy atom. The molecule has 2 saturated carbocycles. The lowest BCUT2D eigenvalue weighted by atomic mass is 9.94. The van der Waals surface area contributed by atoms with E-state index in [4.69, 9.17) is 0 Å². The number of rotatable bonds is 4. The zero-order valence-electron chi connectivity index (χ0n) is 16.7. The number of hydrogen-bond donors (Lipinski definition) is 2. The number of carbonyl (C=O) groups excluding carboxylic acids is 2. The van der Waals surface area contributed by atoms with Gasteiger partial charge in [-0.1, -0.05) is 56.4 Å². The van der Waals surface area contributed by atoms with Gasteiger partial charge in [-0.2, -0.15) is 0 Å². The molecule has 0 aromatic carbocycles. The van der Waals surface area contributed by atoms with E-state index in [1.54, 1.807) is 0 Å². The fourth-order valence-corrected chi connectivity index (χ4v) is 2.04. The molecule has 2 amide bonds. The monoisotopic (exact) mass is 396 g/mol. The van der Waals surface area contributed by atoms with Gasteiger partial charge in [-0.3, -0.25) is 9.59 Å². The Bertz CT molecular complexity index is 508. The third-order valence-corrected chi connectivity index (χ3v) is 4.76. The van der Waals surface area contributed by atoms with Crippen LogP contribution in [0.1, 0.15) is 91.9 Å². The Morgan fingerprint density at radius 2 is 1.30 bits per heavy atom. The van der Waals surface area contributed by atoms with E-state index in [-0.39, 0.29) is 29.5 Å². The zero-order chi connectivity index (χ0) is 19.7. The molecule has 2 N–H and O–H groups in total. The summed E-state index contributed by atoms with van der Waals surface area (Å²) in [5, 5.41) is 5.54. The molecule has 166 valence electrons. The van der Waals surface area contributed by atoms with Gasteiger partial charge in [-0.25, -0.2) is 8.78 Å². The first-order valence-electron chi connectivity index (χ1n) is 9.03. The molecule has 0 spiro atoms. The molecular formula is C21H46F2N2O2. The highest BCUT2D eigenvalue weighted by Gasteiger charge is 2.50. The Balaban J connectivity index is -0.000000190. The van der Waals surface area contributed by atoms with Crippen LogP contribution in [0.4, 0.5) is 8.78 Å². The van der Waals surface area contributed by atoms with Crippen molar-refractivity contribution in [2.75, 3.05) is 6.67 Å². The van der Waals surface area contributed by atoms with Crippen LogP contribution >= 0.6 is 0 Å². The van der Waals surface area contributed by atoms with Crippen LogP contribution in [0.3, 0.4) is 0 Å². The summed E-state index contributed by atoms with van der Waals surface area (Å²) in [6, 6.07) is 0. The van der Waals surface area contributed by atoms with E-state index < -0.39 is 34.8 Å². The van der Waals surface area contributed by atoms with Crippen molar-refractivity contribution < 1.29 is 21.2 Å². The first-order valence-corrected chi connectivity index (χ1v) is 9.03. The summed E-state index contributed by atoms with van der Waals surface area (Å²) in [5.41, 5.74) is -1.87. The Morgan fingerprint density at radius 1 is 0.926 bits per heavy atom. The Labute approximate surface area is 168 Å². The van der Waals surface area contributed by atoms with E-state index in [0.717, 1.165) is 25.7 Å². The van der Waals surface area contributed by atoms with Gasteiger partial charge in [0.1, 0.15) is 12.8 Å². The molecule has 2 rings (SSSR count). The molecule has 0 saturated heterocycles. The van der Waals surface area contributed by atoms with Gasteiger partial charge in [0.05, 0.1) is 11.1 Å². The molecule has 0 aliphatic heterocycles. The van der Waals surface area contributed by atoms with Crippen molar-refractivity contribution in [3.63, 3.8) is 0 Å². The average Bonchev–Trinajstić information content (AvgIpc) is 3.34. The van der Waals surface area contributed by atoms with Crippen LogP contribution in [-0.4, -0.2) is 35.7 Å². The van der Waals surface area contributed by atoms with E-state index >= 15 is 0 Å². The largest absolute Gasteiger partial charge is 0.348 e. The van der Waals surface area contributed by atoms with Crippen molar-refractivity contribution in [3.8, 4) is 0 Å². The van der Waals surface area contributed by atoms with Gasteiger partial charge < -0.3 is 10.6 Å². The van der Waals surface area contributed by atoms with Gasteiger partial charge in [-0.05, 0) is 32.6 Å². The second-order valence-corrected chi connectivity index (χ2v) is 9.59. The van der Waals surface area contributed by atoms with Gasteiger partial charge in [-0.15, -0.1) is 0 Å². The van der Waals surface area contributed by atoms with Gasteiger partial charge >= 0.3 is 0 Å². The smallest absolute Gasteiger partial charge is 0.225 e. The van der Waals surface area contributed by atoms with Crippen LogP contribution < -0.4 is 10.6 Å². The van der Waals surface area contributed by atoms with Gasteiger partial charge in [0.2, 0.25) is 11.8 Å². The molecular weight excluding hydrogens is 350 g/mol. The average molecular weight is 397 g/mol. The highest BCUT2D eigenvalue weighted by atomic mass is 19.1. The van der Waals surface area contributed by atoms with Gasteiger partial charge in [0.15, 0.2) is 0 Å². The third-order valence-electron chi connectivity index (χ3n) is 4.76. The van der Waals surface area contributed by atoms with Crippen molar-refractivity contribution >= 4 is 11.8 Å². The fourth-order valence-electron chi connectivity index (χ4n) is 2.04. The first-order chi connectivity index (χ1) is 11.2. The van der Waals surface area contributed by atoms with Crippen LogP contribution in [0.2, 0.25) is 0 Å². The number of carbonyl (C=O) groups is 2. The highest BCUT2D eigenvalue weighted by molar-refractivity contribution is 5.83. The minimum absolute atomic E-state index is 0. The van der Waals surface area contributed by atoms with Crippen LogP contribution in [-0.2, 0) is 9.59 Å². The summed E-state index contributed by atoms with van der Waals surface area (Å²) in [7, 11) is 0. The number of hydrogen-bond acceptors (Lipinski definition) is 2. The molecule has 0 bridgehead atoms. The topological polar surface area (TPSA) is 58.2 Å². The normalized spacial score (nSPS) is 19.7. The summed E-state index contributed by atoms with van der Waals surface area (Å²) in [6.45, 7) is 12.1. The highest BCUT2D eigenvalue weighted by Crippen LogP contribution is 2.41. The quantitative estimate of drug-likeness (QED) is 0.663. The number of alkyl halides is 2. The molecule has 2 fully saturated rings. The predicted octanol–water partition coefficient (Wildman–Crippen LogP) is 5.45. The van der Waals surface area contributed by atoms with Crippen LogP contribution in [0.25, 0.3) is 0 Å². The minimum atomic E-state index is -0.946. The lowest BCUT2D eigenvalue weighted by Gasteiger charge is -2.24. The van der Waals surface area contributed by atoms with Gasteiger partial charge in [0, 0.05) is 13.7 Å². The maximum absolute atomic E-state index is 13.1. The van der Waals surface area contributed by atoms with E-state index in [9.17, 15) is 18.4 Å². The van der Waals surface area contributed by atoms with Crippen molar-refractivity contribution in [2.24, 2.45) is 10.8 Å². The standard InChI is InChI=1S/C10H18FNO.C9H16FNO.2CH4.2H2/c1-7(11)10(5-6-10)12-8(13)9(2,3)4;1-8(2,3)7(12)11-9(6-10)4-5-9;;;;/h7H,5-6H2,1-4H3,(H,12,13);4-6H2,1-3H3,(H,11,12);2*1H4;2*1H. The molecule has 2 aliphatic rings. The molecule has 1 atom stereocenters. The summed E-state index contributed by atoms with van der Waals surface area (Å²) in [5.74, 6) is -0.118. The fraction of sp³-hybridized carbons (Fsp3) is 0.905. The molecule has 27 heavy (non-hydrogen) atoms. The van der Waals surface area contributed by atoms with E-state index in [0.29, 0.717) is 0 Å². The van der Waals surface area contributed by atoms with Crippen LogP contribution in [0.15, 0.2) is 0 Å². The SMILES string of the molecule is C.C.CC(C)(C)C(=O)NC1(CF)CC1.CC(F)C1(NC(=O)C(C)(C)C)CC1.[HH].[HH]. The van der Waals surface area contributed by atoms with E-state index in [1.165, 1.54) is 6.92 Å². The molecule has 2 aliphatic carbocycles. The van der Waals surface area contributed by atoms with Crippen molar-refractivity contribution in [2.45, 2.75) is 106 Å². The van der Waals surface area contributed by atoms with Crippen molar-refractivity contribution in [1.82, 2.24) is 10.6 Å². The minimum Gasteiger partial charge on any atom is -0.348 e. The van der Waals surface area contributed by atoms with Gasteiger partial charge in [0.25, 0.3) is 0 Å². The molecule has 1 unspecified atom stereocenters. The third kappa shape index (κ3) is 8.14. The molecule has 0 aromatic rings. The molecule has 0 aromatic heterocycles. The van der Waals surface area contributed by atoms with E-state index in [2.05, 4.69) is 10.6 Å². The van der Waals surface area contributed by atoms with Crippen molar-refractivity contribution in [3.05, 3.63) is 0 Å². The predicted molar refractivity (Wildman–Crippen MR) is 113 cm³/mol. The summed E-state index contributed by atoms with van der Waals surface area (Å²) < 4.78 is 25.4. The van der Waals surface area contributed by atoms with E-state index in [1.807, 2.05) is 41.5 Å². The Hall–Kier alpha value is -1.20. The van der Waals surface area contributed by atoms with Crippen LogP contribution in [0, 0.1) is 10.8 Å². The molecule has 4 nitrogen and oxygen atoms in total. The summed E-state index contributed by atoms with van der Waals surface area (Å²) >= 11 is 0. The second-order valence-electron chi connectivity index (χ2n) is 9.59. The Kier molecular flexibility index (Phi) is 9.68. The molecule has 6 heteroatoms. The lowest BCUT2D eigenvalue weighted by Crippen LogP contribution is -2.47. The van der Waals surface area contributed by atoms with Crippen molar-refractivity contribution in [1.29, 1.82) is 0 Å². The van der Waals surface area contributed by atoms with Crippen LogP contribution in [0.5, 0.6) is 0 Å². The second kappa shape index (κ2) is 9.33. The zero-order valence-corrected chi connectivity index (χ0v) is 16.7.